The Morgan fingerprint density at radius 2 is 1.05 bits per heavy atom. The second kappa shape index (κ2) is 14.1. The molecule has 0 aliphatic carbocycles. The van der Waals surface area contributed by atoms with Gasteiger partial charge in [0.1, 0.15) is 0 Å². The number of nitrogens with two attached hydrogens (primary N) is 2. The van der Waals surface area contributed by atoms with Crippen molar-refractivity contribution in [1.82, 2.24) is 0 Å². The molecule has 0 saturated carbocycles. The van der Waals surface area contributed by atoms with Crippen LogP contribution in [0.1, 0.15) is 12.8 Å². The molecule has 0 spiro atoms. The van der Waals surface area contributed by atoms with Gasteiger partial charge in [-0.2, -0.15) is 0 Å². The summed E-state index contributed by atoms with van der Waals surface area (Å²) in [6.45, 7) is 0. The average molecular weight is 366 g/mol. The van der Waals surface area contributed by atoms with Gasteiger partial charge in [0, 0.05) is 0 Å². The fourth-order valence-corrected chi connectivity index (χ4v) is 0.543. The number of aliphatic carboxylic acids is 4. The number of rotatable bonds is 6. The SMILES string of the molecule is Cl.N[C@@H](CC(=O)O)C(=O)[O-].N[C@@H](CC(=O)O)C(=O)[O-].[Zn+2]. The number of halogens is 1. The van der Waals surface area contributed by atoms with Crippen LogP contribution in [-0.2, 0) is 38.7 Å². The van der Waals surface area contributed by atoms with Crippen molar-refractivity contribution >= 4 is 36.3 Å². The third-order valence-electron chi connectivity index (χ3n) is 1.39. The smallest absolute Gasteiger partial charge is 0.548 e. The normalized spacial score (nSPS) is 11.3. The molecule has 0 fully saturated rings. The predicted molar refractivity (Wildman–Crippen MR) is 57.7 cm³/mol. The van der Waals surface area contributed by atoms with Crippen molar-refractivity contribution in [2.45, 2.75) is 24.9 Å². The molecule has 0 amide bonds. The zero-order valence-electron chi connectivity index (χ0n) is 10.2. The fraction of sp³-hybridized carbons (Fsp3) is 0.500. The van der Waals surface area contributed by atoms with Gasteiger partial charge in [0.2, 0.25) is 0 Å². The summed E-state index contributed by atoms with van der Waals surface area (Å²) in [6.07, 6.45) is -1.19. The summed E-state index contributed by atoms with van der Waals surface area (Å²) < 4.78 is 0. The van der Waals surface area contributed by atoms with E-state index in [1.165, 1.54) is 0 Å². The fourth-order valence-electron chi connectivity index (χ4n) is 0.543. The molecule has 0 radical (unpaired) electrons. The topological polar surface area (TPSA) is 207 Å². The monoisotopic (exact) mass is 364 g/mol. The summed E-state index contributed by atoms with van der Waals surface area (Å²) in [5, 5.41) is 35.4. The van der Waals surface area contributed by atoms with Crippen molar-refractivity contribution in [3.8, 4) is 0 Å². The van der Waals surface area contributed by atoms with Crippen LogP contribution in [-0.4, -0.2) is 46.2 Å². The Morgan fingerprint density at radius 3 is 1.10 bits per heavy atom. The van der Waals surface area contributed by atoms with E-state index in [1.807, 2.05) is 0 Å². The van der Waals surface area contributed by atoms with Gasteiger partial charge in [-0.15, -0.1) is 12.4 Å². The van der Waals surface area contributed by atoms with Gasteiger partial charge in [-0.25, -0.2) is 0 Å². The van der Waals surface area contributed by atoms with Crippen LogP contribution in [0.15, 0.2) is 0 Å². The van der Waals surface area contributed by atoms with Crippen molar-refractivity contribution in [3.05, 3.63) is 0 Å². The van der Waals surface area contributed by atoms with Crippen LogP contribution in [0, 0.1) is 0 Å². The maximum Gasteiger partial charge on any atom is 2.00 e. The number of hydrogen-bond acceptors (Lipinski definition) is 8. The summed E-state index contributed by atoms with van der Waals surface area (Å²) in [7, 11) is 0. The maximum absolute atomic E-state index is 9.74. The molecule has 20 heavy (non-hydrogen) atoms. The molecule has 0 saturated heterocycles. The Kier molecular flexibility index (Phi) is 19.2. The van der Waals surface area contributed by atoms with E-state index in [2.05, 4.69) is 0 Å². The standard InChI is InChI=1S/2C4H7NO4.ClH.Zn/c2*5-2(4(8)9)1-3(6)7;;/h2*2H,1,5H2,(H,6,7)(H,8,9);1H;/q;;;+2/p-2/t2*2-;;/m00../s1. The van der Waals surface area contributed by atoms with Crippen molar-refractivity contribution in [2.24, 2.45) is 11.5 Å². The van der Waals surface area contributed by atoms with Gasteiger partial charge in [0.15, 0.2) is 0 Å². The first kappa shape index (κ1) is 27.1. The molecular formula is C8H13ClN2O8Zn. The molecule has 0 aliphatic rings. The molecular weight excluding hydrogens is 353 g/mol. The summed E-state index contributed by atoms with van der Waals surface area (Å²) >= 11 is 0. The van der Waals surface area contributed by atoms with Gasteiger partial charge in [-0.3, -0.25) is 9.59 Å². The molecule has 2 atom stereocenters. The van der Waals surface area contributed by atoms with Crippen molar-refractivity contribution < 1.29 is 59.1 Å². The zero-order chi connectivity index (χ0) is 14.9. The van der Waals surface area contributed by atoms with E-state index in [1.54, 1.807) is 0 Å². The molecule has 0 aliphatic heterocycles. The largest absolute Gasteiger partial charge is 2.00 e. The Balaban J connectivity index is -0.000000116. The van der Waals surface area contributed by atoms with E-state index in [4.69, 9.17) is 21.7 Å². The minimum Gasteiger partial charge on any atom is -0.548 e. The van der Waals surface area contributed by atoms with Crippen molar-refractivity contribution in [2.75, 3.05) is 0 Å². The van der Waals surface area contributed by atoms with Crippen LogP contribution in [0.2, 0.25) is 0 Å². The van der Waals surface area contributed by atoms with Crippen molar-refractivity contribution in [3.63, 3.8) is 0 Å². The molecule has 0 aromatic heterocycles. The number of carboxylic acid groups (broad SMARTS) is 4. The number of hydrogen-bond donors (Lipinski definition) is 4. The van der Waals surface area contributed by atoms with E-state index < -0.39 is 48.8 Å². The van der Waals surface area contributed by atoms with Gasteiger partial charge in [-0.1, -0.05) is 0 Å². The summed E-state index contributed by atoms with van der Waals surface area (Å²) in [5.74, 6) is -5.58. The van der Waals surface area contributed by atoms with Gasteiger partial charge in [0.25, 0.3) is 0 Å². The second-order valence-corrected chi connectivity index (χ2v) is 3.05. The zero-order valence-corrected chi connectivity index (χ0v) is 14.0. The Labute approximate surface area is 132 Å². The molecule has 0 aromatic carbocycles. The first-order valence-corrected chi connectivity index (χ1v) is 4.44. The molecule has 12 heteroatoms. The van der Waals surface area contributed by atoms with Crippen LogP contribution >= 0.6 is 12.4 Å². The average Bonchev–Trinajstić information content (AvgIpc) is 2.16. The van der Waals surface area contributed by atoms with Crippen LogP contribution in [0.25, 0.3) is 0 Å². The van der Waals surface area contributed by atoms with Gasteiger partial charge >= 0.3 is 31.4 Å². The van der Waals surface area contributed by atoms with E-state index in [9.17, 15) is 29.4 Å². The maximum atomic E-state index is 9.74. The number of carboxylic acids is 4. The summed E-state index contributed by atoms with van der Waals surface area (Å²) in [6, 6.07) is -2.80. The number of carbonyl (C=O) groups excluding carboxylic acids is 2. The summed E-state index contributed by atoms with van der Waals surface area (Å²) in [4.78, 5) is 39.0. The van der Waals surface area contributed by atoms with Crippen LogP contribution in [0.3, 0.4) is 0 Å². The minimum atomic E-state index is -1.54. The first-order valence-electron chi connectivity index (χ1n) is 4.44. The first-order chi connectivity index (χ1) is 8.07. The van der Waals surface area contributed by atoms with Gasteiger partial charge in [-0.05, 0) is 0 Å². The van der Waals surface area contributed by atoms with E-state index in [0.29, 0.717) is 0 Å². The van der Waals surface area contributed by atoms with E-state index in [-0.39, 0.29) is 31.9 Å². The molecule has 10 nitrogen and oxygen atoms in total. The molecule has 0 bridgehead atoms. The molecule has 112 valence electrons. The molecule has 0 unspecified atom stereocenters. The van der Waals surface area contributed by atoms with Gasteiger partial charge < -0.3 is 41.5 Å². The molecule has 6 N–H and O–H groups in total. The summed E-state index contributed by atoms with van der Waals surface area (Å²) in [5.41, 5.74) is 9.55. The third kappa shape index (κ3) is 19.1. The molecule has 0 rings (SSSR count). The Morgan fingerprint density at radius 1 is 0.850 bits per heavy atom. The van der Waals surface area contributed by atoms with Crippen molar-refractivity contribution in [1.29, 1.82) is 0 Å². The quantitative estimate of drug-likeness (QED) is 0.331. The predicted octanol–water partition coefficient (Wildman–Crippen LogP) is -4.50. The van der Waals surface area contributed by atoms with Crippen LogP contribution in [0.4, 0.5) is 0 Å². The third-order valence-corrected chi connectivity index (χ3v) is 1.39. The Hall–Kier alpha value is -1.29. The second-order valence-electron chi connectivity index (χ2n) is 3.05. The molecule has 0 aromatic rings. The van der Waals surface area contributed by atoms with Gasteiger partial charge in [0.05, 0.1) is 36.9 Å². The Bertz CT molecular complexity index is 308. The van der Waals surface area contributed by atoms with E-state index >= 15 is 0 Å². The molecule has 0 heterocycles. The van der Waals surface area contributed by atoms with Crippen LogP contribution < -0.4 is 21.7 Å². The van der Waals surface area contributed by atoms with Crippen LogP contribution in [0.5, 0.6) is 0 Å². The van der Waals surface area contributed by atoms with E-state index in [0.717, 1.165) is 0 Å². The number of carbonyl (C=O) groups is 4. The minimum absolute atomic E-state index is 0.